The molecule has 0 aromatic heterocycles. The van der Waals surface area contributed by atoms with Crippen molar-refractivity contribution in [2.45, 2.75) is 64.7 Å². The summed E-state index contributed by atoms with van der Waals surface area (Å²) in [5.41, 5.74) is 21.1. The van der Waals surface area contributed by atoms with Gasteiger partial charge in [0.05, 0.1) is 10.8 Å². The molecule has 0 aliphatic heterocycles. The molecule has 11 aromatic carbocycles. The van der Waals surface area contributed by atoms with Crippen molar-refractivity contribution in [3.63, 3.8) is 0 Å². The van der Waals surface area contributed by atoms with Crippen molar-refractivity contribution in [1.29, 1.82) is 0 Å². The van der Waals surface area contributed by atoms with Crippen molar-refractivity contribution >= 4 is 43.1 Å². The second kappa shape index (κ2) is 13.6. The van der Waals surface area contributed by atoms with Gasteiger partial charge in [0, 0.05) is 0 Å². The minimum absolute atomic E-state index is 0.0387. The Morgan fingerprint density at radius 2 is 0.727 bits per heavy atom. The van der Waals surface area contributed by atoms with E-state index < -0.39 is 10.8 Å². The van der Waals surface area contributed by atoms with Crippen molar-refractivity contribution in [2.75, 3.05) is 0 Å². The van der Waals surface area contributed by atoms with E-state index in [4.69, 9.17) is 0 Å². The van der Waals surface area contributed by atoms with Gasteiger partial charge in [-0.1, -0.05) is 213 Å². The van der Waals surface area contributed by atoms with Crippen LogP contribution < -0.4 is 0 Å². The standard InChI is InChI=1S/C66H52/c1-39-12-24-47(25-13-39)65(48-26-14-40(2)15-27-48)56-33-23-43-10-8-9-11-52(43)62(56)54-37-58-55(38-57(54)65)63-53-32-22-45-35-51(64(5,6)7)34-44-20-21-46(61(53)60(44)45)36-59(63)66(58,49-28-16-41(3)17-29-49)50-30-18-42(4)19-31-50/h8-38H,1-7H3. The molecule has 2 aliphatic carbocycles. The summed E-state index contributed by atoms with van der Waals surface area (Å²) < 4.78 is 0. The van der Waals surface area contributed by atoms with Crippen molar-refractivity contribution in [1.82, 2.24) is 0 Å². The molecule has 11 aromatic rings. The molecule has 66 heavy (non-hydrogen) atoms. The highest BCUT2D eigenvalue weighted by Crippen LogP contribution is 2.65. The average molecular weight is 845 g/mol. The van der Waals surface area contributed by atoms with Gasteiger partial charge in [-0.2, -0.15) is 0 Å². The molecule has 0 nitrogen and oxygen atoms in total. The molecule has 0 atom stereocenters. The maximum atomic E-state index is 2.66. The predicted octanol–water partition coefficient (Wildman–Crippen LogP) is 17.0. The highest BCUT2D eigenvalue weighted by atomic mass is 14.5. The van der Waals surface area contributed by atoms with Gasteiger partial charge in [-0.3, -0.25) is 0 Å². The number of fused-ring (bicyclic) bond motifs is 9. The molecule has 316 valence electrons. The third kappa shape index (κ3) is 5.16. The third-order valence-electron chi connectivity index (χ3n) is 15.8. The summed E-state index contributed by atoms with van der Waals surface area (Å²) >= 11 is 0. The topological polar surface area (TPSA) is 0 Å². The Kier molecular flexibility index (Phi) is 8.08. The summed E-state index contributed by atoms with van der Waals surface area (Å²) in [7, 11) is 0. The van der Waals surface area contributed by atoms with Gasteiger partial charge in [0.15, 0.2) is 0 Å². The SMILES string of the molecule is Cc1ccc(C2(c3ccc(C)cc3)c3cc4c(cc3-c3c2ccc2ccccc32)C(c2ccc(C)cc2)(c2ccc(C)cc2)c2cc3ccc5cc(C(C)(C)C)cc6ccc(c2-4)c3c56)cc1. The summed E-state index contributed by atoms with van der Waals surface area (Å²) in [6, 6.07) is 74.0. The Hall–Kier alpha value is -7.28. The minimum atomic E-state index is -0.603. The molecule has 0 amide bonds. The van der Waals surface area contributed by atoms with Crippen LogP contribution in [0.15, 0.2) is 188 Å². The molecule has 0 radical (unpaired) electrons. The third-order valence-corrected chi connectivity index (χ3v) is 15.8. The lowest BCUT2D eigenvalue weighted by atomic mass is 9.65. The first-order valence-corrected chi connectivity index (χ1v) is 23.7. The van der Waals surface area contributed by atoms with Crippen LogP contribution in [0.2, 0.25) is 0 Å². The van der Waals surface area contributed by atoms with Crippen LogP contribution in [0.4, 0.5) is 0 Å². The van der Waals surface area contributed by atoms with Crippen molar-refractivity contribution in [3.05, 3.63) is 260 Å². The Morgan fingerprint density at radius 3 is 1.21 bits per heavy atom. The molecule has 0 heteroatoms. The zero-order valence-corrected chi connectivity index (χ0v) is 38.9. The Morgan fingerprint density at radius 1 is 0.318 bits per heavy atom. The lowest BCUT2D eigenvalue weighted by Crippen LogP contribution is -2.30. The molecule has 0 saturated carbocycles. The number of rotatable bonds is 4. The van der Waals surface area contributed by atoms with E-state index in [0.29, 0.717) is 0 Å². The fourth-order valence-electron chi connectivity index (χ4n) is 12.5. The van der Waals surface area contributed by atoms with E-state index in [2.05, 4.69) is 237 Å². The number of hydrogen-bond acceptors (Lipinski definition) is 0. The average Bonchev–Trinajstić information content (AvgIpc) is 3.78. The van der Waals surface area contributed by atoms with Crippen LogP contribution in [0.1, 0.15) is 93.1 Å². The lowest BCUT2D eigenvalue weighted by Gasteiger charge is -2.36. The van der Waals surface area contributed by atoms with Crippen molar-refractivity contribution in [3.8, 4) is 22.3 Å². The fraction of sp³-hybridized carbons (Fsp3) is 0.152. The first-order chi connectivity index (χ1) is 32.0. The number of benzene rings is 11. The van der Waals surface area contributed by atoms with Crippen LogP contribution >= 0.6 is 0 Å². The molecule has 0 saturated heterocycles. The largest absolute Gasteiger partial charge is 0.0714 e. The number of aryl methyl sites for hydroxylation is 4. The highest BCUT2D eigenvalue weighted by Gasteiger charge is 2.52. The summed E-state index contributed by atoms with van der Waals surface area (Å²) in [5, 5.41) is 10.5. The molecule has 0 spiro atoms. The van der Waals surface area contributed by atoms with E-state index in [0.717, 1.165) is 0 Å². The van der Waals surface area contributed by atoms with Gasteiger partial charge in [0.25, 0.3) is 0 Å². The van der Waals surface area contributed by atoms with Crippen molar-refractivity contribution < 1.29 is 0 Å². The second-order valence-corrected chi connectivity index (χ2v) is 20.7. The summed E-state index contributed by atoms with van der Waals surface area (Å²) in [6.07, 6.45) is 0. The molecule has 0 bridgehead atoms. The summed E-state index contributed by atoms with van der Waals surface area (Å²) in [4.78, 5) is 0. The van der Waals surface area contributed by atoms with Crippen molar-refractivity contribution in [2.24, 2.45) is 0 Å². The van der Waals surface area contributed by atoms with Crippen LogP contribution in [0.25, 0.3) is 65.3 Å². The maximum Gasteiger partial charge on any atom is 0.0714 e. The smallest absolute Gasteiger partial charge is 0.0616 e. The van der Waals surface area contributed by atoms with Gasteiger partial charge < -0.3 is 0 Å². The van der Waals surface area contributed by atoms with Gasteiger partial charge >= 0.3 is 0 Å². The Balaban J connectivity index is 1.25. The summed E-state index contributed by atoms with van der Waals surface area (Å²) in [5.74, 6) is 0. The molecule has 0 N–H and O–H groups in total. The van der Waals surface area contributed by atoms with E-state index in [-0.39, 0.29) is 5.41 Å². The van der Waals surface area contributed by atoms with E-state index >= 15 is 0 Å². The van der Waals surface area contributed by atoms with Gasteiger partial charge in [-0.05, 0) is 167 Å². The molecule has 0 unspecified atom stereocenters. The van der Waals surface area contributed by atoms with Gasteiger partial charge in [0.2, 0.25) is 0 Å². The first kappa shape index (κ1) is 39.1. The Labute approximate surface area is 388 Å². The lowest BCUT2D eigenvalue weighted by molar-refractivity contribution is 0.591. The fourth-order valence-corrected chi connectivity index (χ4v) is 12.5. The van der Waals surface area contributed by atoms with E-state index in [1.165, 1.54) is 138 Å². The van der Waals surface area contributed by atoms with E-state index in [1.54, 1.807) is 0 Å². The molecular weight excluding hydrogens is 793 g/mol. The van der Waals surface area contributed by atoms with E-state index in [9.17, 15) is 0 Å². The van der Waals surface area contributed by atoms with Crippen LogP contribution in [-0.2, 0) is 16.2 Å². The van der Waals surface area contributed by atoms with Crippen LogP contribution in [0.5, 0.6) is 0 Å². The van der Waals surface area contributed by atoms with Gasteiger partial charge in [0.1, 0.15) is 0 Å². The van der Waals surface area contributed by atoms with Crippen LogP contribution in [-0.4, -0.2) is 0 Å². The van der Waals surface area contributed by atoms with Gasteiger partial charge in [-0.25, -0.2) is 0 Å². The second-order valence-electron chi connectivity index (χ2n) is 20.7. The normalized spacial score (nSPS) is 14.5. The quantitative estimate of drug-likeness (QED) is 0.155. The first-order valence-electron chi connectivity index (χ1n) is 23.7. The zero-order chi connectivity index (χ0) is 44.9. The monoisotopic (exact) mass is 844 g/mol. The molecule has 0 heterocycles. The van der Waals surface area contributed by atoms with E-state index in [1.807, 2.05) is 0 Å². The van der Waals surface area contributed by atoms with Crippen LogP contribution in [0.3, 0.4) is 0 Å². The molecule has 13 rings (SSSR count). The predicted molar refractivity (Wildman–Crippen MR) is 280 cm³/mol. The van der Waals surface area contributed by atoms with Crippen LogP contribution in [0, 0.1) is 27.7 Å². The summed E-state index contributed by atoms with van der Waals surface area (Å²) in [6.45, 7) is 15.8. The van der Waals surface area contributed by atoms with Gasteiger partial charge in [-0.15, -0.1) is 0 Å². The minimum Gasteiger partial charge on any atom is -0.0616 e. The molecular formula is C66H52. The molecule has 0 fully saturated rings. The molecule has 2 aliphatic rings. The Bertz CT molecular complexity index is 3670. The highest BCUT2D eigenvalue weighted by molar-refractivity contribution is 6.27. The number of hydrogen-bond donors (Lipinski definition) is 0. The zero-order valence-electron chi connectivity index (χ0n) is 38.9. The maximum absolute atomic E-state index is 2.66.